The Bertz CT molecular complexity index is 962. The molecule has 0 spiro atoms. The normalized spacial score (nSPS) is 12.1. The summed E-state index contributed by atoms with van der Waals surface area (Å²) < 4.78 is 1.85. The molecule has 2 N–H and O–H groups in total. The number of carbonyl (C=O) groups is 2. The molecular formula is C27H43N5O2. The third-order valence-electron chi connectivity index (χ3n) is 5.61. The van der Waals surface area contributed by atoms with E-state index in [2.05, 4.69) is 52.2 Å². The third kappa shape index (κ3) is 7.61. The Labute approximate surface area is 205 Å². The van der Waals surface area contributed by atoms with Crippen molar-refractivity contribution in [1.82, 2.24) is 14.7 Å². The van der Waals surface area contributed by atoms with E-state index in [1.807, 2.05) is 55.8 Å². The standard InChI is InChI=1S/C27H43N5O2/c1-10-11-16-31(25(34)28-21-14-12-20(13-15-21)19(2)3)18-24(33)29-23-17-22(26(4,5)6)30-32(23)27(7,8)9/h12-15,17,19H,10-11,16,18H2,1-9H3,(H,28,34)(H,29,33). The molecule has 0 atom stereocenters. The first-order chi connectivity index (χ1) is 15.7. The zero-order valence-electron chi connectivity index (χ0n) is 22.5. The van der Waals surface area contributed by atoms with Crippen molar-refractivity contribution in [1.29, 1.82) is 0 Å². The number of nitrogens with one attached hydrogen (secondary N) is 2. The lowest BCUT2D eigenvalue weighted by Gasteiger charge is -2.25. The smallest absolute Gasteiger partial charge is 0.315 e. The van der Waals surface area contributed by atoms with E-state index >= 15 is 0 Å². The number of hydrogen-bond acceptors (Lipinski definition) is 3. The van der Waals surface area contributed by atoms with Crippen LogP contribution >= 0.6 is 0 Å². The van der Waals surface area contributed by atoms with Gasteiger partial charge in [-0.3, -0.25) is 4.79 Å². The van der Waals surface area contributed by atoms with Crippen molar-refractivity contribution in [3.8, 4) is 0 Å². The van der Waals surface area contributed by atoms with Gasteiger partial charge in [-0.25, -0.2) is 9.48 Å². The van der Waals surface area contributed by atoms with Crippen molar-refractivity contribution in [2.75, 3.05) is 23.7 Å². The van der Waals surface area contributed by atoms with E-state index in [-0.39, 0.29) is 29.4 Å². The van der Waals surface area contributed by atoms with Gasteiger partial charge in [0.15, 0.2) is 0 Å². The van der Waals surface area contributed by atoms with E-state index in [1.54, 1.807) is 4.90 Å². The summed E-state index contributed by atoms with van der Waals surface area (Å²) in [6.45, 7) is 19.2. The topological polar surface area (TPSA) is 79.3 Å². The van der Waals surface area contributed by atoms with Gasteiger partial charge in [0.1, 0.15) is 12.4 Å². The molecule has 0 fully saturated rings. The first-order valence-electron chi connectivity index (χ1n) is 12.3. The molecule has 2 aromatic rings. The molecule has 2 rings (SSSR count). The molecule has 0 saturated heterocycles. The summed E-state index contributed by atoms with van der Waals surface area (Å²) in [5.41, 5.74) is 2.40. The first-order valence-corrected chi connectivity index (χ1v) is 12.3. The van der Waals surface area contributed by atoms with Gasteiger partial charge in [0.2, 0.25) is 5.91 Å². The average molecular weight is 470 g/mol. The molecule has 1 heterocycles. The van der Waals surface area contributed by atoms with Gasteiger partial charge in [-0.05, 0) is 50.8 Å². The van der Waals surface area contributed by atoms with Gasteiger partial charge < -0.3 is 15.5 Å². The Kier molecular flexibility index (Phi) is 8.92. The number of carbonyl (C=O) groups excluding carboxylic acids is 2. The van der Waals surface area contributed by atoms with Gasteiger partial charge in [-0.15, -0.1) is 0 Å². The minimum atomic E-state index is -0.298. The van der Waals surface area contributed by atoms with Crippen LogP contribution in [0.2, 0.25) is 0 Å². The van der Waals surface area contributed by atoms with Crippen molar-refractivity contribution in [2.24, 2.45) is 0 Å². The largest absolute Gasteiger partial charge is 0.322 e. The second-order valence-electron chi connectivity index (χ2n) is 11.3. The van der Waals surface area contributed by atoms with Crippen molar-refractivity contribution in [3.05, 3.63) is 41.6 Å². The highest BCUT2D eigenvalue weighted by molar-refractivity contribution is 5.96. The van der Waals surface area contributed by atoms with Crippen LogP contribution in [-0.2, 0) is 15.7 Å². The number of anilines is 2. The van der Waals surface area contributed by atoms with Gasteiger partial charge in [0.25, 0.3) is 0 Å². The Morgan fingerprint density at radius 3 is 2.15 bits per heavy atom. The molecular weight excluding hydrogens is 426 g/mol. The zero-order valence-corrected chi connectivity index (χ0v) is 22.5. The zero-order chi connectivity index (χ0) is 25.7. The molecule has 3 amide bonds. The van der Waals surface area contributed by atoms with Crippen molar-refractivity contribution in [3.63, 3.8) is 0 Å². The molecule has 0 aliphatic heterocycles. The summed E-state index contributed by atoms with van der Waals surface area (Å²) >= 11 is 0. The van der Waals surface area contributed by atoms with Gasteiger partial charge in [0.05, 0.1) is 11.2 Å². The summed E-state index contributed by atoms with van der Waals surface area (Å²) in [4.78, 5) is 27.6. The summed E-state index contributed by atoms with van der Waals surface area (Å²) in [5, 5.41) is 10.7. The van der Waals surface area contributed by atoms with E-state index in [1.165, 1.54) is 5.56 Å². The van der Waals surface area contributed by atoms with E-state index in [4.69, 9.17) is 5.10 Å². The van der Waals surface area contributed by atoms with Crippen LogP contribution in [-0.4, -0.2) is 39.7 Å². The second-order valence-corrected chi connectivity index (χ2v) is 11.3. The molecule has 1 aromatic carbocycles. The minimum absolute atomic E-state index is 0.0317. The number of urea groups is 1. The van der Waals surface area contributed by atoms with Crippen LogP contribution < -0.4 is 10.6 Å². The molecule has 0 unspecified atom stereocenters. The fourth-order valence-corrected chi connectivity index (χ4v) is 3.46. The van der Waals surface area contributed by atoms with Gasteiger partial charge in [-0.2, -0.15) is 5.10 Å². The second kappa shape index (κ2) is 11.1. The summed E-state index contributed by atoms with van der Waals surface area (Å²) in [5.74, 6) is 0.824. The number of hydrogen-bond donors (Lipinski definition) is 2. The van der Waals surface area contributed by atoms with E-state index in [9.17, 15) is 9.59 Å². The maximum atomic E-state index is 13.0. The van der Waals surface area contributed by atoms with Crippen LogP contribution in [0, 0.1) is 0 Å². The molecule has 7 heteroatoms. The summed E-state index contributed by atoms with van der Waals surface area (Å²) in [6, 6.07) is 9.49. The fourth-order valence-electron chi connectivity index (χ4n) is 3.46. The molecule has 0 aliphatic rings. The molecule has 0 saturated carbocycles. The average Bonchev–Trinajstić information content (AvgIpc) is 3.16. The Hall–Kier alpha value is -2.83. The van der Waals surface area contributed by atoms with Crippen molar-refractivity contribution < 1.29 is 9.59 Å². The lowest BCUT2D eigenvalue weighted by molar-refractivity contribution is -0.116. The monoisotopic (exact) mass is 469 g/mol. The molecule has 0 aliphatic carbocycles. The number of unbranched alkanes of at least 4 members (excludes halogenated alkanes) is 1. The maximum absolute atomic E-state index is 13.0. The van der Waals surface area contributed by atoms with Crippen LogP contribution in [0.15, 0.2) is 30.3 Å². The molecule has 0 radical (unpaired) electrons. The SMILES string of the molecule is CCCCN(CC(=O)Nc1cc(C(C)(C)C)nn1C(C)(C)C)C(=O)Nc1ccc(C(C)C)cc1. The number of aromatic nitrogens is 2. The van der Waals surface area contributed by atoms with Crippen LogP contribution in [0.1, 0.15) is 92.3 Å². The van der Waals surface area contributed by atoms with E-state index < -0.39 is 0 Å². The lowest BCUT2D eigenvalue weighted by Crippen LogP contribution is -2.41. The van der Waals surface area contributed by atoms with Crippen LogP contribution in [0.3, 0.4) is 0 Å². The molecule has 188 valence electrons. The summed E-state index contributed by atoms with van der Waals surface area (Å²) in [7, 11) is 0. The number of rotatable bonds is 8. The van der Waals surface area contributed by atoms with Crippen molar-refractivity contribution >= 4 is 23.4 Å². The molecule has 0 bridgehead atoms. The molecule has 1 aromatic heterocycles. The number of amides is 3. The highest BCUT2D eigenvalue weighted by Gasteiger charge is 2.26. The van der Waals surface area contributed by atoms with Crippen LogP contribution in [0.5, 0.6) is 0 Å². The predicted octanol–water partition coefficient (Wildman–Crippen LogP) is 6.33. The Balaban J connectivity index is 2.16. The fraction of sp³-hybridized carbons (Fsp3) is 0.593. The molecule has 7 nitrogen and oxygen atoms in total. The quantitative estimate of drug-likeness (QED) is 0.474. The number of nitrogens with zero attached hydrogens (tertiary/aromatic N) is 3. The summed E-state index contributed by atoms with van der Waals surface area (Å²) in [6.07, 6.45) is 1.75. The predicted molar refractivity (Wildman–Crippen MR) is 141 cm³/mol. The Morgan fingerprint density at radius 2 is 1.65 bits per heavy atom. The van der Waals surface area contributed by atoms with E-state index in [0.29, 0.717) is 18.3 Å². The van der Waals surface area contributed by atoms with Crippen LogP contribution in [0.25, 0.3) is 0 Å². The van der Waals surface area contributed by atoms with E-state index in [0.717, 1.165) is 24.2 Å². The number of benzene rings is 1. The van der Waals surface area contributed by atoms with Crippen molar-refractivity contribution in [2.45, 2.75) is 92.0 Å². The maximum Gasteiger partial charge on any atom is 0.322 e. The molecule has 34 heavy (non-hydrogen) atoms. The highest BCUT2D eigenvalue weighted by Crippen LogP contribution is 2.28. The minimum Gasteiger partial charge on any atom is -0.315 e. The third-order valence-corrected chi connectivity index (χ3v) is 5.61. The van der Waals surface area contributed by atoms with Crippen LogP contribution in [0.4, 0.5) is 16.3 Å². The first kappa shape index (κ1) is 27.4. The highest BCUT2D eigenvalue weighted by atomic mass is 16.2. The van der Waals surface area contributed by atoms with Gasteiger partial charge in [-0.1, -0.05) is 60.1 Å². The lowest BCUT2D eigenvalue weighted by atomic mass is 9.92. The van der Waals surface area contributed by atoms with Gasteiger partial charge in [0, 0.05) is 23.7 Å². The van der Waals surface area contributed by atoms with Gasteiger partial charge >= 0.3 is 6.03 Å². The Morgan fingerprint density at radius 1 is 1.03 bits per heavy atom.